The number of sulfonamides is 1. The van der Waals surface area contributed by atoms with Gasteiger partial charge in [-0.05, 0) is 62.8 Å². The third-order valence-corrected chi connectivity index (χ3v) is 8.17. The molecule has 0 aliphatic carbocycles. The Balaban J connectivity index is 1.91. The Hall–Kier alpha value is -2.52. The third-order valence-electron chi connectivity index (χ3n) is 6.01. The van der Waals surface area contributed by atoms with Crippen LogP contribution in [0, 0.1) is 0 Å². The number of nitrogens with zero attached hydrogens (tertiary/aromatic N) is 1. The number of amides is 2. The highest BCUT2D eigenvalue weighted by atomic mass is 32.2. The van der Waals surface area contributed by atoms with Crippen molar-refractivity contribution in [3.63, 3.8) is 0 Å². The van der Waals surface area contributed by atoms with Gasteiger partial charge < -0.3 is 10.2 Å². The smallest absolute Gasteiger partial charge is 0.261 e. The lowest BCUT2D eigenvalue weighted by Gasteiger charge is -2.22. The maximum atomic E-state index is 13.3. The Morgan fingerprint density at radius 2 is 1.71 bits per heavy atom. The van der Waals surface area contributed by atoms with E-state index < -0.39 is 10.0 Å². The number of benzene rings is 2. The van der Waals surface area contributed by atoms with E-state index >= 15 is 0 Å². The summed E-state index contributed by atoms with van der Waals surface area (Å²) in [5.41, 5.74) is 0.825. The molecule has 0 bridgehead atoms. The van der Waals surface area contributed by atoms with E-state index in [1.165, 1.54) is 23.9 Å². The van der Waals surface area contributed by atoms with E-state index in [1.54, 1.807) is 30.3 Å². The monoisotopic (exact) mass is 503 g/mol. The fourth-order valence-electron chi connectivity index (χ4n) is 3.84. The molecule has 2 N–H and O–H groups in total. The zero-order valence-corrected chi connectivity index (χ0v) is 21.6. The van der Waals surface area contributed by atoms with E-state index in [1.807, 2.05) is 25.0 Å². The van der Waals surface area contributed by atoms with Gasteiger partial charge in [-0.1, -0.05) is 31.9 Å². The average Bonchev–Trinajstić information content (AvgIpc) is 3.12. The van der Waals surface area contributed by atoms with Crippen molar-refractivity contribution in [1.82, 2.24) is 10.2 Å². The van der Waals surface area contributed by atoms with Gasteiger partial charge in [-0.3, -0.25) is 14.3 Å². The molecule has 0 spiro atoms. The molecule has 2 aromatic rings. The lowest BCUT2D eigenvalue weighted by atomic mass is 10.1. The summed E-state index contributed by atoms with van der Waals surface area (Å²) in [6, 6.07) is 11.1. The molecule has 1 heterocycles. The van der Waals surface area contributed by atoms with Gasteiger partial charge >= 0.3 is 0 Å². The first-order valence-corrected chi connectivity index (χ1v) is 14.4. The Kier molecular flexibility index (Phi) is 9.02. The molecular formula is C25H33N3O4S2. The lowest BCUT2D eigenvalue weighted by Crippen LogP contribution is -2.33. The summed E-state index contributed by atoms with van der Waals surface area (Å²) < 4.78 is 29.1. The number of hydrogen-bond acceptors (Lipinski definition) is 5. The molecule has 1 fully saturated rings. The van der Waals surface area contributed by atoms with Gasteiger partial charge in [0, 0.05) is 24.0 Å². The number of rotatable bonds is 8. The highest BCUT2D eigenvalue weighted by Crippen LogP contribution is 2.28. The molecule has 2 aromatic carbocycles. The van der Waals surface area contributed by atoms with Crippen LogP contribution in [0.2, 0.25) is 0 Å². The van der Waals surface area contributed by atoms with Crippen molar-refractivity contribution in [2.45, 2.75) is 61.8 Å². The molecule has 2 amide bonds. The number of carbonyl (C=O) groups is 2. The molecule has 0 aromatic heterocycles. The fourth-order valence-corrected chi connectivity index (χ4v) is 5.52. The van der Waals surface area contributed by atoms with Crippen LogP contribution in [-0.2, 0) is 10.0 Å². The van der Waals surface area contributed by atoms with Crippen LogP contribution in [-0.4, -0.2) is 50.5 Å². The van der Waals surface area contributed by atoms with Gasteiger partial charge in [0.25, 0.3) is 21.8 Å². The SMILES string of the molecule is CC[C@@H](C)NC(=O)c1ccccc1NS(=O)(=O)c1ccc(SC)c(C(=O)N2CCCCCC2)c1. The summed E-state index contributed by atoms with van der Waals surface area (Å²) in [4.78, 5) is 28.5. The van der Waals surface area contributed by atoms with E-state index in [2.05, 4.69) is 10.0 Å². The molecule has 0 radical (unpaired) electrons. The summed E-state index contributed by atoms with van der Waals surface area (Å²) in [6.45, 7) is 5.21. The minimum atomic E-state index is -4.03. The van der Waals surface area contributed by atoms with E-state index in [9.17, 15) is 18.0 Å². The van der Waals surface area contributed by atoms with E-state index in [-0.39, 0.29) is 34.0 Å². The normalized spacial score (nSPS) is 15.3. The Morgan fingerprint density at radius 3 is 2.35 bits per heavy atom. The molecule has 34 heavy (non-hydrogen) atoms. The summed E-state index contributed by atoms with van der Waals surface area (Å²) >= 11 is 1.41. The van der Waals surface area contributed by atoms with Crippen LogP contribution in [0.15, 0.2) is 52.3 Å². The van der Waals surface area contributed by atoms with Crippen LogP contribution >= 0.6 is 11.8 Å². The van der Waals surface area contributed by atoms with Crippen LogP contribution in [0.1, 0.15) is 66.7 Å². The van der Waals surface area contributed by atoms with Crippen molar-refractivity contribution in [2.75, 3.05) is 24.1 Å². The molecule has 0 saturated carbocycles. The van der Waals surface area contributed by atoms with Gasteiger partial charge in [-0.25, -0.2) is 8.42 Å². The number of anilines is 1. The first-order valence-electron chi connectivity index (χ1n) is 11.7. The standard InChI is InChI=1S/C25H33N3O4S2/c1-4-18(2)26-24(29)20-11-7-8-12-22(20)27-34(31,32)19-13-14-23(33-3)21(17-19)25(30)28-15-9-5-6-10-16-28/h7-8,11-14,17-18,27H,4-6,9-10,15-16H2,1-3H3,(H,26,29)/t18-/m1/s1. The van der Waals surface area contributed by atoms with Crippen LogP contribution in [0.5, 0.6) is 0 Å². The summed E-state index contributed by atoms with van der Waals surface area (Å²) in [7, 11) is -4.03. The van der Waals surface area contributed by atoms with Crippen LogP contribution in [0.4, 0.5) is 5.69 Å². The molecule has 1 aliphatic rings. The van der Waals surface area contributed by atoms with Crippen molar-refractivity contribution in [3.8, 4) is 0 Å². The molecule has 1 aliphatic heterocycles. The topological polar surface area (TPSA) is 95.6 Å². The van der Waals surface area contributed by atoms with Crippen molar-refractivity contribution >= 4 is 39.3 Å². The van der Waals surface area contributed by atoms with Gasteiger partial charge in [-0.15, -0.1) is 11.8 Å². The van der Waals surface area contributed by atoms with Gasteiger partial charge in [0.1, 0.15) is 0 Å². The van der Waals surface area contributed by atoms with Crippen molar-refractivity contribution in [1.29, 1.82) is 0 Å². The first-order chi connectivity index (χ1) is 16.3. The summed E-state index contributed by atoms with van der Waals surface area (Å²) in [6.07, 6.45) is 6.73. The van der Waals surface area contributed by atoms with Crippen molar-refractivity contribution in [2.24, 2.45) is 0 Å². The number of thioether (sulfide) groups is 1. The largest absolute Gasteiger partial charge is 0.350 e. The molecule has 7 nitrogen and oxygen atoms in total. The zero-order valence-electron chi connectivity index (χ0n) is 20.0. The Morgan fingerprint density at radius 1 is 1.03 bits per heavy atom. The number of likely N-dealkylation sites (tertiary alicyclic amines) is 1. The average molecular weight is 504 g/mol. The summed E-state index contributed by atoms with van der Waals surface area (Å²) in [5, 5.41) is 2.87. The van der Waals surface area contributed by atoms with Gasteiger partial charge in [-0.2, -0.15) is 0 Å². The maximum Gasteiger partial charge on any atom is 0.261 e. The molecule has 1 saturated heterocycles. The number of carbonyl (C=O) groups excluding carboxylic acids is 2. The minimum Gasteiger partial charge on any atom is -0.350 e. The second-order valence-corrected chi connectivity index (χ2v) is 11.0. The van der Waals surface area contributed by atoms with E-state index in [0.717, 1.165) is 37.0 Å². The minimum absolute atomic E-state index is 0.0133. The fraction of sp³-hybridized carbons (Fsp3) is 0.440. The van der Waals surface area contributed by atoms with Gasteiger partial charge in [0.15, 0.2) is 0 Å². The van der Waals surface area contributed by atoms with Crippen molar-refractivity contribution < 1.29 is 18.0 Å². The molecule has 184 valence electrons. The number of nitrogens with one attached hydrogen (secondary N) is 2. The van der Waals surface area contributed by atoms with Gasteiger partial charge in [0.2, 0.25) is 0 Å². The molecular weight excluding hydrogens is 470 g/mol. The second-order valence-electron chi connectivity index (χ2n) is 8.50. The van der Waals surface area contributed by atoms with Crippen molar-refractivity contribution in [3.05, 3.63) is 53.6 Å². The lowest BCUT2D eigenvalue weighted by molar-refractivity contribution is 0.0757. The van der Waals surface area contributed by atoms with Crippen LogP contribution in [0.25, 0.3) is 0 Å². The number of hydrogen-bond donors (Lipinski definition) is 2. The quantitative estimate of drug-likeness (QED) is 0.507. The predicted molar refractivity (Wildman–Crippen MR) is 137 cm³/mol. The number of para-hydroxylation sites is 1. The van der Waals surface area contributed by atoms with Gasteiger partial charge in [0.05, 0.1) is 21.7 Å². The zero-order chi connectivity index (χ0) is 24.7. The summed E-state index contributed by atoms with van der Waals surface area (Å²) in [5.74, 6) is -0.487. The van der Waals surface area contributed by atoms with E-state index in [4.69, 9.17) is 0 Å². The molecule has 0 unspecified atom stereocenters. The molecule has 9 heteroatoms. The molecule has 1 atom stereocenters. The first kappa shape index (κ1) is 26.1. The predicted octanol–water partition coefficient (Wildman–Crippen LogP) is 4.75. The Bertz CT molecular complexity index is 1130. The highest BCUT2D eigenvalue weighted by Gasteiger charge is 2.24. The second kappa shape index (κ2) is 11.8. The maximum absolute atomic E-state index is 13.3. The Labute approximate surface area is 206 Å². The van der Waals surface area contributed by atoms with E-state index in [0.29, 0.717) is 18.7 Å². The highest BCUT2D eigenvalue weighted by molar-refractivity contribution is 7.98. The van der Waals surface area contributed by atoms with Crippen LogP contribution < -0.4 is 10.0 Å². The third kappa shape index (κ3) is 6.33. The molecule has 3 rings (SSSR count). The van der Waals surface area contributed by atoms with Crippen LogP contribution in [0.3, 0.4) is 0 Å².